The van der Waals surface area contributed by atoms with Crippen molar-refractivity contribution < 1.29 is 29.0 Å². The van der Waals surface area contributed by atoms with Crippen molar-refractivity contribution >= 4 is 23.4 Å². The van der Waals surface area contributed by atoms with Crippen molar-refractivity contribution in [1.29, 1.82) is 0 Å². The first-order chi connectivity index (χ1) is 20.5. The van der Waals surface area contributed by atoms with Gasteiger partial charge in [-0.15, -0.1) is 0 Å². The molecule has 1 aromatic rings. The van der Waals surface area contributed by atoms with Gasteiger partial charge in [-0.3, -0.25) is 19.3 Å². The van der Waals surface area contributed by atoms with Gasteiger partial charge in [0, 0.05) is 58.1 Å². The number of hydrogen-bond acceptors (Lipinski definition) is 7. The maximum Gasteiger partial charge on any atom is 0.249 e. The number of para-hydroxylation sites is 1. The van der Waals surface area contributed by atoms with E-state index in [0.717, 1.165) is 25.3 Å². The van der Waals surface area contributed by atoms with Gasteiger partial charge in [-0.1, -0.05) is 49.4 Å². The summed E-state index contributed by atoms with van der Waals surface area (Å²) in [4.78, 5) is 50.9. The lowest BCUT2D eigenvalue weighted by Gasteiger charge is -2.39. The molecular weight excluding hydrogens is 536 g/mol. The van der Waals surface area contributed by atoms with E-state index in [1.165, 1.54) is 0 Å². The van der Waals surface area contributed by atoms with Crippen LogP contribution in [0.2, 0.25) is 0 Å². The molecule has 5 atom stereocenters. The fourth-order valence-electron chi connectivity index (χ4n) is 7.57. The minimum atomic E-state index is -1.26. The van der Waals surface area contributed by atoms with Crippen molar-refractivity contribution in [3.05, 3.63) is 54.6 Å². The first-order valence-electron chi connectivity index (χ1n) is 15.4. The summed E-state index contributed by atoms with van der Waals surface area (Å²) >= 11 is 0. The standard InChI is InChI=1S/C32H42N4O6/c1-2-31-12-8-16-35(24-10-4-3-5-11-24)28(38)25(31)26-29(39)36(15-6-7-21-37)27-30(40)34(14-9-13-32(26,27)42-31)18-17-33-19-22-41-23-20-33/h3-5,8-13,25-27,37H,2,6-7,14-23H2,1H3/t25-,26+,27?,31+,32+/m1/s1. The van der Waals surface area contributed by atoms with E-state index in [0.29, 0.717) is 58.7 Å². The van der Waals surface area contributed by atoms with Gasteiger partial charge >= 0.3 is 0 Å². The van der Waals surface area contributed by atoms with Gasteiger partial charge in [-0.2, -0.15) is 0 Å². The zero-order valence-electron chi connectivity index (χ0n) is 24.4. The molecule has 10 heteroatoms. The van der Waals surface area contributed by atoms with Crippen LogP contribution >= 0.6 is 0 Å². The number of aliphatic hydroxyl groups is 1. The average Bonchev–Trinajstić information content (AvgIpc) is 3.30. The van der Waals surface area contributed by atoms with Crippen LogP contribution in [0.5, 0.6) is 0 Å². The van der Waals surface area contributed by atoms with Crippen LogP contribution in [-0.2, 0) is 23.9 Å². The minimum Gasteiger partial charge on any atom is -0.396 e. The molecule has 42 heavy (non-hydrogen) atoms. The number of carbonyl (C=O) groups excluding carboxylic acids is 3. The topological polar surface area (TPSA) is 103 Å². The second-order valence-electron chi connectivity index (χ2n) is 11.9. The predicted octanol–water partition coefficient (Wildman–Crippen LogP) is 1.45. The molecule has 3 saturated heterocycles. The van der Waals surface area contributed by atoms with Gasteiger partial charge in [-0.25, -0.2) is 0 Å². The van der Waals surface area contributed by atoms with Gasteiger partial charge in [0.05, 0.1) is 30.7 Å². The highest BCUT2D eigenvalue weighted by atomic mass is 16.5. The number of morpholine rings is 1. The van der Waals surface area contributed by atoms with Crippen LogP contribution in [0.25, 0.3) is 0 Å². The molecule has 0 saturated carbocycles. The molecule has 5 aliphatic heterocycles. The van der Waals surface area contributed by atoms with E-state index >= 15 is 0 Å². The fraction of sp³-hybridized carbons (Fsp3) is 0.594. The second kappa shape index (κ2) is 11.9. The van der Waals surface area contributed by atoms with Crippen molar-refractivity contribution in [3.8, 4) is 0 Å². The summed E-state index contributed by atoms with van der Waals surface area (Å²) in [6, 6.07) is 8.63. The number of fused-ring (bicyclic) bond motifs is 2. The number of aliphatic hydroxyl groups excluding tert-OH is 1. The van der Waals surface area contributed by atoms with Crippen LogP contribution in [-0.4, -0.2) is 120 Å². The molecule has 0 aliphatic carbocycles. The number of unbranched alkanes of at least 4 members (excludes halogenated alkanes) is 1. The van der Waals surface area contributed by atoms with Gasteiger partial charge < -0.3 is 29.3 Å². The summed E-state index contributed by atoms with van der Waals surface area (Å²) in [5.74, 6) is -2.14. The molecule has 10 nitrogen and oxygen atoms in total. The Morgan fingerprint density at radius 3 is 2.38 bits per heavy atom. The van der Waals surface area contributed by atoms with E-state index < -0.39 is 29.1 Å². The van der Waals surface area contributed by atoms with E-state index in [9.17, 15) is 19.5 Å². The molecule has 0 aromatic heterocycles. The number of nitrogens with zero attached hydrogens (tertiary/aromatic N) is 4. The summed E-state index contributed by atoms with van der Waals surface area (Å²) in [5.41, 5.74) is -1.51. The van der Waals surface area contributed by atoms with Gasteiger partial charge in [0.2, 0.25) is 17.7 Å². The van der Waals surface area contributed by atoms with E-state index in [1.807, 2.05) is 66.5 Å². The normalized spacial score (nSPS) is 33.0. The molecule has 3 amide bonds. The third kappa shape index (κ3) is 4.78. The third-order valence-electron chi connectivity index (χ3n) is 9.69. The number of amides is 3. The smallest absolute Gasteiger partial charge is 0.249 e. The Kier molecular flexibility index (Phi) is 8.24. The van der Waals surface area contributed by atoms with Crippen molar-refractivity contribution in [2.45, 2.75) is 43.4 Å². The van der Waals surface area contributed by atoms with E-state index in [-0.39, 0.29) is 24.3 Å². The molecular formula is C32H42N4O6. The molecule has 5 heterocycles. The van der Waals surface area contributed by atoms with Gasteiger partial charge in [-0.05, 0) is 31.4 Å². The lowest BCUT2D eigenvalue weighted by Crippen LogP contribution is -2.57. The van der Waals surface area contributed by atoms with Crippen LogP contribution in [0.4, 0.5) is 5.69 Å². The highest BCUT2D eigenvalue weighted by Crippen LogP contribution is 2.58. The Bertz CT molecular complexity index is 1230. The number of benzene rings is 1. The highest BCUT2D eigenvalue weighted by Gasteiger charge is 2.75. The highest BCUT2D eigenvalue weighted by molar-refractivity contribution is 6.04. The summed E-state index contributed by atoms with van der Waals surface area (Å²) in [6.45, 7) is 7.39. The maximum atomic E-state index is 14.5. The van der Waals surface area contributed by atoms with Gasteiger partial charge in [0.1, 0.15) is 11.6 Å². The zero-order valence-corrected chi connectivity index (χ0v) is 24.4. The minimum absolute atomic E-state index is 0.00811. The molecule has 5 aliphatic rings. The van der Waals surface area contributed by atoms with E-state index in [2.05, 4.69) is 4.90 Å². The van der Waals surface area contributed by atoms with Crippen LogP contribution in [0.15, 0.2) is 54.6 Å². The SMILES string of the molecule is CC[C@]12C=CCN(c3ccccc3)C(=O)[C@H]1[C@H]1C(=O)N(CCCCO)C3C(=O)N(CCN4CCOCC4)CC=C[C@@]31O2. The molecule has 0 bridgehead atoms. The van der Waals surface area contributed by atoms with Crippen LogP contribution in [0.3, 0.4) is 0 Å². The largest absolute Gasteiger partial charge is 0.396 e. The molecule has 1 aromatic carbocycles. The maximum absolute atomic E-state index is 14.5. The summed E-state index contributed by atoms with van der Waals surface area (Å²) in [5, 5.41) is 9.47. The number of likely N-dealkylation sites (tertiary alicyclic amines) is 1. The van der Waals surface area contributed by atoms with Crippen molar-refractivity contribution in [1.82, 2.24) is 14.7 Å². The zero-order chi connectivity index (χ0) is 29.3. The van der Waals surface area contributed by atoms with Gasteiger partial charge in [0.25, 0.3) is 0 Å². The van der Waals surface area contributed by atoms with E-state index in [4.69, 9.17) is 9.47 Å². The van der Waals surface area contributed by atoms with Crippen LogP contribution in [0.1, 0.15) is 26.2 Å². The fourth-order valence-corrected chi connectivity index (χ4v) is 7.57. The van der Waals surface area contributed by atoms with Crippen LogP contribution in [0, 0.1) is 11.8 Å². The molecule has 6 rings (SSSR count). The summed E-state index contributed by atoms with van der Waals surface area (Å²) in [7, 11) is 0. The third-order valence-corrected chi connectivity index (χ3v) is 9.69. The monoisotopic (exact) mass is 578 g/mol. The summed E-state index contributed by atoms with van der Waals surface area (Å²) in [6.07, 6.45) is 9.36. The van der Waals surface area contributed by atoms with Crippen molar-refractivity contribution in [2.24, 2.45) is 11.8 Å². The summed E-state index contributed by atoms with van der Waals surface area (Å²) < 4.78 is 12.5. The van der Waals surface area contributed by atoms with Crippen molar-refractivity contribution in [3.63, 3.8) is 0 Å². The number of ether oxygens (including phenoxy) is 2. The lowest BCUT2D eigenvalue weighted by atomic mass is 9.73. The Morgan fingerprint density at radius 2 is 1.64 bits per heavy atom. The molecule has 0 radical (unpaired) electrons. The molecule has 1 N–H and O–H groups in total. The first-order valence-corrected chi connectivity index (χ1v) is 15.4. The Balaban J connectivity index is 1.38. The predicted molar refractivity (Wildman–Crippen MR) is 157 cm³/mol. The Hall–Kier alpha value is -3.05. The lowest BCUT2D eigenvalue weighted by molar-refractivity contribution is -0.152. The molecule has 226 valence electrons. The van der Waals surface area contributed by atoms with E-state index in [1.54, 1.807) is 9.80 Å². The molecule has 1 unspecified atom stereocenters. The van der Waals surface area contributed by atoms with Gasteiger partial charge in [0.15, 0.2) is 0 Å². The quantitative estimate of drug-likeness (QED) is 0.350. The second-order valence-corrected chi connectivity index (χ2v) is 11.9. The first kappa shape index (κ1) is 29.0. The number of anilines is 1. The number of hydrogen-bond donors (Lipinski definition) is 1. The molecule has 1 spiro atoms. The average molecular weight is 579 g/mol. The Labute approximate surface area is 247 Å². The Morgan fingerprint density at radius 1 is 0.881 bits per heavy atom. The van der Waals surface area contributed by atoms with Crippen molar-refractivity contribution in [2.75, 3.05) is 70.5 Å². The molecule has 3 fully saturated rings. The number of rotatable bonds is 9. The van der Waals surface area contributed by atoms with Crippen LogP contribution < -0.4 is 4.90 Å². The number of carbonyl (C=O) groups is 3.